The Morgan fingerprint density at radius 3 is 2.33 bits per heavy atom. The van der Waals surface area contributed by atoms with E-state index < -0.39 is 0 Å². The smallest absolute Gasteiger partial charge is 0.317 e. The number of nitrogens with zero attached hydrogens (tertiary/aromatic N) is 2. The van der Waals surface area contributed by atoms with E-state index in [1.54, 1.807) is 9.80 Å². The van der Waals surface area contributed by atoms with Gasteiger partial charge in [-0.1, -0.05) is 61.0 Å². The Morgan fingerprint density at radius 2 is 1.73 bits per heavy atom. The summed E-state index contributed by atoms with van der Waals surface area (Å²) in [5, 5.41) is 12.8. The molecule has 3 amide bonds. The Morgan fingerprint density at radius 1 is 1.10 bits per heavy atom. The fourth-order valence-corrected chi connectivity index (χ4v) is 4.64. The lowest BCUT2D eigenvalue weighted by Crippen LogP contribution is -2.73. The molecule has 2 saturated heterocycles. The molecule has 0 aromatic heterocycles. The second kappa shape index (κ2) is 8.48. The quantitative estimate of drug-likeness (QED) is 0.801. The minimum atomic E-state index is -0.228. The molecule has 0 radical (unpaired) electrons. The van der Waals surface area contributed by atoms with E-state index in [-0.39, 0.29) is 43.1 Å². The molecule has 2 aromatic rings. The number of aliphatic hydroxyl groups excluding tert-OH is 1. The standard InChI is InChI=1S/C24H29N3O3/c1-3-12-25-24(30)26-13-20-23(21(15-28)27(20)22(29)14-26)19-10-8-18(9-11-19)17-6-4-16(2)5-7-17/h4-11,20-21,23,28H,3,12-15H2,1-2H3,(H,25,30)/t20-,21+,23-/m1/s1. The number of benzene rings is 2. The predicted molar refractivity (Wildman–Crippen MR) is 116 cm³/mol. The fraction of sp³-hybridized carbons (Fsp3) is 0.417. The van der Waals surface area contributed by atoms with Gasteiger partial charge in [-0.25, -0.2) is 4.79 Å². The van der Waals surface area contributed by atoms with Crippen molar-refractivity contribution < 1.29 is 14.7 Å². The molecule has 30 heavy (non-hydrogen) atoms. The van der Waals surface area contributed by atoms with Gasteiger partial charge in [0.05, 0.1) is 18.7 Å². The highest BCUT2D eigenvalue weighted by atomic mass is 16.3. The van der Waals surface area contributed by atoms with Crippen LogP contribution in [-0.2, 0) is 4.79 Å². The summed E-state index contributed by atoms with van der Waals surface area (Å²) in [4.78, 5) is 28.4. The van der Waals surface area contributed by atoms with Gasteiger partial charge in [-0.3, -0.25) is 4.79 Å². The number of aliphatic hydroxyl groups is 1. The summed E-state index contributed by atoms with van der Waals surface area (Å²) in [5.74, 6) is -0.0720. The number of rotatable bonds is 5. The monoisotopic (exact) mass is 407 g/mol. The highest BCUT2D eigenvalue weighted by Gasteiger charge is 2.54. The Balaban J connectivity index is 1.53. The van der Waals surface area contributed by atoms with Gasteiger partial charge in [0.2, 0.25) is 5.91 Å². The van der Waals surface area contributed by atoms with E-state index in [1.165, 1.54) is 5.56 Å². The van der Waals surface area contributed by atoms with Gasteiger partial charge in [-0.05, 0) is 30.0 Å². The minimum absolute atomic E-state index is 0.0211. The first-order valence-electron chi connectivity index (χ1n) is 10.6. The van der Waals surface area contributed by atoms with Crippen LogP contribution in [0.15, 0.2) is 48.5 Å². The summed E-state index contributed by atoms with van der Waals surface area (Å²) in [6.07, 6.45) is 0.853. The lowest BCUT2D eigenvalue weighted by atomic mass is 9.73. The number of urea groups is 1. The molecule has 158 valence electrons. The van der Waals surface area contributed by atoms with Crippen molar-refractivity contribution in [3.8, 4) is 11.1 Å². The maximum atomic E-state index is 12.7. The first kappa shape index (κ1) is 20.4. The lowest BCUT2D eigenvalue weighted by Gasteiger charge is -2.58. The zero-order valence-electron chi connectivity index (χ0n) is 17.5. The van der Waals surface area contributed by atoms with E-state index in [0.29, 0.717) is 13.1 Å². The SMILES string of the molecule is CCCNC(=O)N1CC(=O)N2[C@H](C1)[C@@H](c1ccc(-c3ccc(C)cc3)cc1)[C@@H]2CO. The molecule has 6 heteroatoms. The number of carbonyl (C=O) groups is 2. The summed E-state index contributed by atoms with van der Waals surface area (Å²) in [5.41, 5.74) is 4.61. The third kappa shape index (κ3) is 3.67. The molecule has 2 fully saturated rings. The normalized spacial score (nSPS) is 23.0. The molecule has 3 atom stereocenters. The maximum Gasteiger partial charge on any atom is 0.317 e. The van der Waals surface area contributed by atoms with E-state index >= 15 is 0 Å². The molecule has 0 spiro atoms. The minimum Gasteiger partial charge on any atom is -0.394 e. The van der Waals surface area contributed by atoms with Gasteiger partial charge >= 0.3 is 6.03 Å². The Kier molecular flexibility index (Phi) is 5.77. The topological polar surface area (TPSA) is 72.9 Å². The van der Waals surface area contributed by atoms with Crippen molar-refractivity contribution in [1.29, 1.82) is 0 Å². The Hall–Kier alpha value is -2.86. The molecule has 0 unspecified atom stereocenters. The van der Waals surface area contributed by atoms with E-state index in [1.807, 2.05) is 6.92 Å². The number of hydrogen-bond donors (Lipinski definition) is 2. The van der Waals surface area contributed by atoms with Crippen LogP contribution in [0.2, 0.25) is 0 Å². The zero-order chi connectivity index (χ0) is 21.3. The van der Waals surface area contributed by atoms with Gasteiger partial charge in [0.25, 0.3) is 0 Å². The van der Waals surface area contributed by atoms with E-state index in [0.717, 1.165) is 23.1 Å². The second-order valence-corrected chi connectivity index (χ2v) is 8.24. The summed E-state index contributed by atoms with van der Waals surface area (Å²) in [6.45, 7) is 5.15. The number of nitrogens with one attached hydrogen (secondary N) is 1. The lowest BCUT2D eigenvalue weighted by molar-refractivity contribution is -0.159. The number of fused-ring (bicyclic) bond motifs is 1. The van der Waals surface area contributed by atoms with Crippen LogP contribution in [0.3, 0.4) is 0 Å². The number of carbonyl (C=O) groups excluding carboxylic acids is 2. The average molecular weight is 408 g/mol. The van der Waals surface area contributed by atoms with Crippen LogP contribution in [0, 0.1) is 6.92 Å². The summed E-state index contributed by atoms with van der Waals surface area (Å²) in [6, 6.07) is 16.3. The molecule has 2 N–H and O–H groups in total. The molecular formula is C24H29N3O3. The van der Waals surface area contributed by atoms with Crippen LogP contribution in [0.1, 0.15) is 30.4 Å². The molecule has 0 aliphatic carbocycles. The van der Waals surface area contributed by atoms with Crippen LogP contribution in [0.25, 0.3) is 11.1 Å². The Bertz CT molecular complexity index is 910. The van der Waals surface area contributed by atoms with Gasteiger partial charge < -0.3 is 20.2 Å². The summed E-state index contributed by atoms with van der Waals surface area (Å²) >= 11 is 0. The predicted octanol–water partition coefficient (Wildman–Crippen LogP) is 2.75. The molecular weight excluding hydrogens is 378 g/mol. The number of hydrogen-bond acceptors (Lipinski definition) is 3. The van der Waals surface area contributed by atoms with Crippen LogP contribution in [0.4, 0.5) is 4.79 Å². The second-order valence-electron chi connectivity index (χ2n) is 8.24. The van der Waals surface area contributed by atoms with Crippen LogP contribution < -0.4 is 5.32 Å². The number of aryl methyl sites for hydroxylation is 1. The van der Waals surface area contributed by atoms with E-state index in [2.05, 4.69) is 60.8 Å². The first-order valence-corrected chi connectivity index (χ1v) is 10.6. The Labute approximate surface area is 177 Å². The summed E-state index contributed by atoms with van der Waals surface area (Å²) in [7, 11) is 0. The van der Waals surface area contributed by atoms with Crippen LogP contribution in [-0.4, -0.2) is 65.2 Å². The highest BCUT2D eigenvalue weighted by Crippen LogP contribution is 2.43. The van der Waals surface area contributed by atoms with Crippen molar-refractivity contribution in [2.45, 2.75) is 38.3 Å². The van der Waals surface area contributed by atoms with Crippen LogP contribution in [0.5, 0.6) is 0 Å². The summed E-state index contributed by atoms with van der Waals surface area (Å²) < 4.78 is 0. The average Bonchev–Trinajstić information content (AvgIpc) is 2.74. The molecule has 2 heterocycles. The van der Waals surface area contributed by atoms with E-state index in [9.17, 15) is 14.7 Å². The molecule has 2 aliphatic heterocycles. The van der Waals surface area contributed by atoms with Crippen molar-refractivity contribution in [3.63, 3.8) is 0 Å². The van der Waals surface area contributed by atoms with Crippen molar-refractivity contribution >= 4 is 11.9 Å². The molecule has 4 rings (SSSR count). The molecule has 6 nitrogen and oxygen atoms in total. The third-order valence-corrected chi connectivity index (χ3v) is 6.25. The van der Waals surface area contributed by atoms with Crippen molar-refractivity contribution in [2.75, 3.05) is 26.2 Å². The van der Waals surface area contributed by atoms with Crippen molar-refractivity contribution in [2.24, 2.45) is 0 Å². The van der Waals surface area contributed by atoms with Gasteiger partial charge in [-0.15, -0.1) is 0 Å². The van der Waals surface area contributed by atoms with Crippen molar-refractivity contribution in [1.82, 2.24) is 15.1 Å². The number of amides is 3. The number of piperazine rings is 1. The zero-order valence-corrected chi connectivity index (χ0v) is 17.5. The van der Waals surface area contributed by atoms with Gasteiger partial charge in [0.15, 0.2) is 0 Å². The van der Waals surface area contributed by atoms with Gasteiger partial charge in [0, 0.05) is 19.0 Å². The van der Waals surface area contributed by atoms with Crippen molar-refractivity contribution in [3.05, 3.63) is 59.7 Å². The first-order chi connectivity index (χ1) is 14.5. The maximum absolute atomic E-state index is 12.7. The van der Waals surface area contributed by atoms with Crippen LogP contribution >= 0.6 is 0 Å². The highest BCUT2D eigenvalue weighted by molar-refractivity contribution is 5.87. The largest absolute Gasteiger partial charge is 0.394 e. The molecule has 2 aliphatic rings. The fourth-order valence-electron chi connectivity index (χ4n) is 4.64. The molecule has 0 bridgehead atoms. The third-order valence-electron chi connectivity index (χ3n) is 6.25. The van der Waals surface area contributed by atoms with E-state index in [4.69, 9.17) is 0 Å². The van der Waals surface area contributed by atoms with Gasteiger partial charge in [-0.2, -0.15) is 0 Å². The molecule has 2 aromatic carbocycles. The van der Waals surface area contributed by atoms with Gasteiger partial charge in [0.1, 0.15) is 6.54 Å². The molecule has 0 saturated carbocycles.